The minimum absolute atomic E-state index is 0.259. The van der Waals surface area contributed by atoms with Crippen LogP contribution in [-0.2, 0) is 0 Å². The first-order chi connectivity index (χ1) is 13.6. The Hall–Kier alpha value is -3.60. The zero-order chi connectivity index (χ0) is 19.9. The van der Waals surface area contributed by atoms with E-state index in [1.165, 1.54) is 0 Å². The minimum atomic E-state index is -0.302. The van der Waals surface area contributed by atoms with Gasteiger partial charge in [0.2, 0.25) is 0 Å². The van der Waals surface area contributed by atoms with E-state index in [-0.39, 0.29) is 11.8 Å². The van der Waals surface area contributed by atoms with Gasteiger partial charge in [0.1, 0.15) is 5.75 Å². The normalized spacial score (nSPS) is 10.2. The van der Waals surface area contributed by atoms with Crippen LogP contribution in [0.15, 0.2) is 72.8 Å². The highest BCUT2D eigenvalue weighted by Crippen LogP contribution is 2.20. The third-order valence-corrected chi connectivity index (χ3v) is 4.12. The van der Waals surface area contributed by atoms with Gasteiger partial charge in [-0.1, -0.05) is 29.8 Å². The molecule has 0 saturated heterocycles. The van der Waals surface area contributed by atoms with Gasteiger partial charge in [-0.2, -0.15) is 0 Å². The van der Waals surface area contributed by atoms with Crippen molar-refractivity contribution in [3.8, 4) is 5.75 Å². The molecule has 2 amide bonds. The number of carbonyl (C=O) groups is 2. The molecule has 142 valence electrons. The van der Waals surface area contributed by atoms with Crippen LogP contribution in [0.2, 0.25) is 0 Å². The van der Waals surface area contributed by atoms with Crippen molar-refractivity contribution in [1.82, 2.24) is 0 Å². The van der Waals surface area contributed by atoms with Crippen molar-refractivity contribution < 1.29 is 14.3 Å². The second-order valence-electron chi connectivity index (χ2n) is 6.28. The maximum atomic E-state index is 12.7. The van der Waals surface area contributed by atoms with Gasteiger partial charge in [0.05, 0.1) is 17.9 Å². The number of benzene rings is 3. The van der Waals surface area contributed by atoms with Crippen molar-refractivity contribution in [2.24, 2.45) is 0 Å². The molecule has 3 aromatic rings. The zero-order valence-corrected chi connectivity index (χ0v) is 15.9. The van der Waals surface area contributed by atoms with Crippen LogP contribution in [0.3, 0.4) is 0 Å². The third kappa shape index (κ3) is 4.76. The molecular formula is C23H22N2O3. The molecule has 0 radical (unpaired) electrons. The molecule has 5 heteroatoms. The SMILES string of the molecule is CCOc1ccc(NC(=O)c2ccccc2NC(=O)c2cccc(C)c2)cc1. The number of ether oxygens (including phenoxy) is 1. The van der Waals surface area contributed by atoms with Crippen LogP contribution < -0.4 is 15.4 Å². The number of hydrogen-bond donors (Lipinski definition) is 2. The van der Waals surface area contributed by atoms with Crippen LogP contribution in [0, 0.1) is 6.92 Å². The number of anilines is 2. The van der Waals surface area contributed by atoms with Gasteiger partial charge in [0, 0.05) is 11.3 Å². The Morgan fingerprint density at radius 2 is 1.61 bits per heavy atom. The quantitative estimate of drug-likeness (QED) is 0.645. The van der Waals surface area contributed by atoms with Crippen LogP contribution in [0.25, 0.3) is 0 Å². The second kappa shape index (κ2) is 8.86. The summed E-state index contributed by atoms with van der Waals surface area (Å²) >= 11 is 0. The highest BCUT2D eigenvalue weighted by molar-refractivity contribution is 6.12. The van der Waals surface area contributed by atoms with E-state index in [4.69, 9.17) is 4.74 Å². The van der Waals surface area contributed by atoms with Crippen LogP contribution in [0.1, 0.15) is 33.2 Å². The fourth-order valence-electron chi connectivity index (χ4n) is 2.77. The van der Waals surface area contributed by atoms with E-state index in [0.717, 1.165) is 11.3 Å². The van der Waals surface area contributed by atoms with Gasteiger partial charge in [-0.05, 0) is 62.4 Å². The highest BCUT2D eigenvalue weighted by Gasteiger charge is 2.14. The number of amides is 2. The van der Waals surface area contributed by atoms with Crippen molar-refractivity contribution in [3.05, 3.63) is 89.5 Å². The lowest BCUT2D eigenvalue weighted by molar-refractivity contribution is 0.102. The summed E-state index contributed by atoms with van der Waals surface area (Å²) in [6, 6.07) is 21.4. The summed E-state index contributed by atoms with van der Waals surface area (Å²) in [5.74, 6) is 0.181. The molecule has 0 fully saturated rings. The van der Waals surface area contributed by atoms with Gasteiger partial charge in [-0.15, -0.1) is 0 Å². The monoisotopic (exact) mass is 374 g/mol. The Labute approximate surface area is 164 Å². The number of para-hydroxylation sites is 1. The Bertz CT molecular complexity index is 981. The van der Waals surface area contributed by atoms with E-state index < -0.39 is 0 Å². The zero-order valence-electron chi connectivity index (χ0n) is 15.9. The fourth-order valence-corrected chi connectivity index (χ4v) is 2.77. The summed E-state index contributed by atoms with van der Waals surface area (Å²) in [4.78, 5) is 25.3. The molecule has 0 bridgehead atoms. The second-order valence-corrected chi connectivity index (χ2v) is 6.28. The summed E-state index contributed by atoms with van der Waals surface area (Å²) in [5, 5.41) is 5.67. The molecule has 3 aromatic carbocycles. The van der Waals surface area contributed by atoms with E-state index in [0.29, 0.717) is 29.1 Å². The third-order valence-electron chi connectivity index (χ3n) is 4.12. The van der Waals surface area contributed by atoms with E-state index in [1.807, 2.05) is 26.0 Å². The van der Waals surface area contributed by atoms with Gasteiger partial charge in [-0.25, -0.2) is 0 Å². The van der Waals surface area contributed by atoms with Crippen molar-refractivity contribution in [3.63, 3.8) is 0 Å². The van der Waals surface area contributed by atoms with Gasteiger partial charge >= 0.3 is 0 Å². The first-order valence-corrected chi connectivity index (χ1v) is 9.08. The molecule has 0 heterocycles. The standard InChI is InChI=1S/C23H22N2O3/c1-3-28-19-13-11-18(12-14-19)24-23(27)20-9-4-5-10-21(20)25-22(26)17-8-6-7-16(2)15-17/h4-15H,3H2,1-2H3,(H,24,27)(H,25,26). The Morgan fingerprint density at radius 3 is 2.32 bits per heavy atom. The van der Waals surface area contributed by atoms with Crippen LogP contribution in [0.5, 0.6) is 5.75 Å². The predicted octanol–water partition coefficient (Wildman–Crippen LogP) is 4.90. The van der Waals surface area contributed by atoms with Crippen molar-refractivity contribution in [1.29, 1.82) is 0 Å². The average Bonchev–Trinajstić information content (AvgIpc) is 2.70. The summed E-state index contributed by atoms with van der Waals surface area (Å²) in [6.07, 6.45) is 0. The summed E-state index contributed by atoms with van der Waals surface area (Å²) < 4.78 is 5.40. The lowest BCUT2D eigenvalue weighted by atomic mass is 10.1. The van der Waals surface area contributed by atoms with Crippen LogP contribution >= 0.6 is 0 Å². The molecule has 0 aliphatic rings. The van der Waals surface area contributed by atoms with Gasteiger partial charge < -0.3 is 15.4 Å². The summed E-state index contributed by atoms with van der Waals surface area (Å²) in [6.45, 7) is 4.42. The van der Waals surface area contributed by atoms with E-state index >= 15 is 0 Å². The molecule has 0 saturated carbocycles. The maximum Gasteiger partial charge on any atom is 0.257 e. The molecule has 0 unspecified atom stereocenters. The molecule has 3 rings (SSSR count). The van der Waals surface area contributed by atoms with Gasteiger partial charge in [-0.3, -0.25) is 9.59 Å². The summed E-state index contributed by atoms with van der Waals surface area (Å²) in [5.41, 5.74) is 3.03. The average molecular weight is 374 g/mol. The minimum Gasteiger partial charge on any atom is -0.494 e. The predicted molar refractivity (Wildman–Crippen MR) is 111 cm³/mol. The molecule has 0 aromatic heterocycles. The fraction of sp³-hybridized carbons (Fsp3) is 0.130. The first kappa shape index (κ1) is 19.2. The topological polar surface area (TPSA) is 67.4 Å². The summed E-state index contributed by atoms with van der Waals surface area (Å²) in [7, 11) is 0. The Kier molecular flexibility index (Phi) is 6.07. The van der Waals surface area contributed by atoms with Crippen LogP contribution in [0.4, 0.5) is 11.4 Å². The molecule has 0 aliphatic carbocycles. The lowest BCUT2D eigenvalue weighted by Gasteiger charge is -2.12. The Morgan fingerprint density at radius 1 is 0.857 bits per heavy atom. The lowest BCUT2D eigenvalue weighted by Crippen LogP contribution is -2.18. The molecule has 28 heavy (non-hydrogen) atoms. The van der Waals surface area contributed by atoms with E-state index in [1.54, 1.807) is 60.7 Å². The number of hydrogen-bond acceptors (Lipinski definition) is 3. The van der Waals surface area contributed by atoms with E-state index in [2.05, 4.69) is 10.6 Å². The molecular weight excluding hydrogens is 352 g/mol. The largest absolute Gasteiger partial charge is 0.494 e. The molecule has 5 nitrogen and oxygen atoms in total. The van der Waals surface area contributed by atoms with Crippen molar-refractivity contribution in [2.45, 2.75) is 13.8 Å². The number of nitrogens with one attached hydrogen (secondary N) is 2. The number of aryl methyl sites for hydroxylation is 1. The smallest absolute Gasteiger partial charge is 0.257 e. The van der Waals surface area contributed by atoms with Gasteiger partial charge in [0.25, 0.3) is 11.8 Å². The van der Waals surface area contributed by atoms with Crippen LogP contribution in [-0.4, -0.2) is 18.4 Å². The first-order valence-electron chi connectivity index (χ1n) is 9.08. The number of carbonyl (C=O) groups excluding carboxylic acids is 2. The van der Waals surface area contributed by atoms with Crippen molar-refractivity contribution in [2.75, 3.05) is 17.2 Å². The maximum absolute atomic E-state index is 12.7. The Balaban J connectivity index is 1.75. The number of rotatable bonds is 6. The molecule has 0 spiro atoms. The highest BCUT2D eigenvalue weighted by atomic mass is 16.5. The molecule has 2 N–H and O–H groups in total. The van der Waals surface area contributed by atoms with Crippen molar-refractivity contribution >= 4 is 23.2 Å². The van der Waals surface area contributed by atoms with E-state index in [9.17, 15) is 9.59 Å². The van der Waals surface area contributed by atoms with Gasteiger partial charge in [0.15, 0.2) is 0 Å². The molecule has 0 atom stereocenters. The molecule has 0 aliphatic heterocycles.